The maximum absolute atomic E-state index is 4.34. The first-order valence-corrected chi connectivity index (χ1v) is 9.20. The third-order valence-corrected chi connectivity index (χ3v) is 5.41. The molecule has 0 saturated heterocycles. The molecule has 0 aromatic carbocycles. The van der Waals surface area contributed by atoms with Crippen LogP contribution in [0.4, 0.5) is 0 Å². The number of thiophene rings is 1. The standard InChI is InChI=1S/C16H19N5S2/c1-20(10-14-4-3-9-22-14)11-15-18-19-16(21(15)2)23-12-13-5-7-17-8-6-13/h3-9H,10-12H2,1-2H3. The van der Waals surface area contributed by atoms with Crippen molar-refractivity contribution in [3.63, 3.8) is 0 Å². The highest BCUT2D eigenvalue weighted by Gasteiger charge is 2.12. The van der Waals surface area contributed by atoms with Gasteiger partial charge in [-0.05, 0) is 36.2 Å². The minimum absolute atomic E-state index is 0.789. The number of hydrogen-bond acceptors (Lipinski definition) is 6. The molecular weight excluding hydrogens is 326 g/mol. The van der Waals surface area contributed by atoms with Crippen LogP contribution in [0.2, 0.25) is 0 Å². The summed E-state index contributed by atoms with van der Waals surface area (Å²) in [4.78, 5) is 7.66. The Labute approximate surface area is 144 Å². The molecule has 0 aliphatic rings. The number of nitrogens with zero attached hydrogens (tertiary/aromatic N) is 5. The summed E-state index contributed by atoms with van der Waals surface area (Å²) in [6.45, 7) is 1.72. The van der Waals surface area contributed by atoms with Crippen LogP contribution in [-0.2, 0) is 25.9 Å². The molecule has 0 aliphatic carbocycles. The molecule has 0 radical (unpaired) electrons. The van der Waals surface area contributed by atoms with Gasteiger partial charge in [-0.25, -0.2) is 0 Å². The zero-order valence-corrected chi connectivity index (χ0v) is 14.8. The fourth-order valence-electron chi connectivity index (χ4n) is 2.20. The Balaban J connectivity index is 1.58. The van der Waals surface area contributed by atoms with E-state index in [9.17, 15) is 0 Å². The highest BCUT2D eigenvalue weighted by Crippen LogP contribution is 2.21. The first kappa shape index (κ1) is 16.2. The van der Waals surface area contributed by atoms with Gasteiger partial charge in [0.25, 0.3) is 0 Å². The van der Waals surface area contributed by atoms with Crippen molar-refractivity contribution >= 4 is 23.1 Å². The van der Waals surface area contributed by atoms with Crippen molar-refractivity contribution in [1.29, 1.82) is 0 Å². The van der Waals surface area contributed by atoms with Crippen LogP contribution in [0.25, 0.3) is 0 Å². The van der Waals surface area contributed by atoms with Crippen molar-refractivity contribution in [3.05, 3.63) is 58.3 Å². The summed E-state index contributed by atoms with van der Waals surface area (Å²) in [5, 5.41) is 11.7. The molecule has 3 aromatic heterocycles. The SMILES string of the molecule is CN(Cc1cccs1)Cc1nnc(SCc2ccncc2)n1C. The molecule has 23 heavy (non-hydrogen) atoms. The van der Waals surface area contributed by atoms with Crippen LogP contribution in [0.1, 0.15) is 16.3 Å². The van der Waals surface area contributed by atoms with Crippen LogP contribution >= 0.6 is 23.1 Å². The molecule has 5 nitrogen and oxygen atoms in total. The zero-order chi connectivity index (χ0) is 16.1. The largest absolute Gasteiger partial charge is 0.308 e. The number of aromatic nitrogens is 4. The molecule has 120 valence electrons. The second-order valence-corrected chi connectivity index (χ2v) is 7.33. The van der Waals surface area contributed by atoms with Gasteiger partial charge >= 0.3 is 0 Å². The van der Waals surface area contributed by atoms with E-state index in [1.54, 1.807) is 23.1 Å². The van der Waals surface area contributed by atoms with E-state index >= 15 is 0 Å². The lowest BCUT2D eigenvalue weighted by Crippen LogP contribution is -2.19. The van der Waals surface area contributed by atoms with Crippen molar-refractivity contribution in [2.24, 2.45) is 7.05 Å². The molecule has 7 heteroatoms. The van der Waals surface area contributed by atoms with Crippen LogP contribution in [0, 0.1) is 0 Å². The average Bonchev–Trinajstić information content (AvgIpc) is 3.18. The van der Waals surface area contributed by atoms with Crippen LogP contribution in [0.3, 0.4) is 0 Å². The summed E-state index contributed by atoms with van der Waals surface area (Å²) in [5.74, 6) is 1.86. The molecule has 3 heterocycles. The Morgan fingerprint density at radius 1 is 1.17 bits per heavy atom. The lowest BCUT2D eigenvalue weighted by atomic mass is 10.3. The second-order valence-electron chi connectivity index (χ2n) is 5.35. The van der Waals surface area contributed by atoms with Crippen LogP contribution in [0.5, 0.6) is 0 Å². The summed E-state index contributed by atoms with van der Waals surface area (Å²) in [5.41, 5.74) is 1.24. The van der Waals surface area contributed by atoms with Crippen molar-refractivity contribution in [2.45, 2.75) is 24.0 Å². The van der Waals surface area contributed by atoms with E-state index in [4.69, 9.17) is 0 Å². The average molecular weight is 345 g/mol. The molecule has 0 spiro atoms. The number of thioether (sulfide) groups is 1. The van der Waals surface area contributed by atoms with Crippen molar-refractivity contribution < 1.29 is 0 Å². The van der Waals surface area contributed by atoms with Gasteiger partial charge in [0.1, 0.15) is 5.82 Å². The highest BCUT2D eigenvalue weighted by molar-refractivity contribution is 7.98. The van der Waals surface area contributed by atoms with Crippen molar-refractivity contribution in [1.82, 2.24) is 24.6 Å². The summed E-state index contributed by atoms with van der Waals surface area (Å²) >= 11 is 3.48. The molecular formula is C16H19N5S2. The molecule has 0 atom stereocenters. The van der Waals surface area contributed by atoms with Gasteiger partial charge in [0.15, 0.2) is 5.16 Å². The van der Waals surface area contributed by atoms with E-state index in [0.717, 1.165) is 29.8 Å². The summed E-state index contributed by atoms with van der Waals surface area (Å²) < 4.78 is 2.08. The minimum Gasteiger partial charge on any atom is -0.308 e. The zero-order valence-electron chi connectivity index (χ0n) is 13.2. The maximum atomic E-state index is 4.34. The Hall–Kier alpha value is -1.70. The number of rotatable bonds is 7. The van der Waals surface area contributed by atoms with Gasteiger partial charge in [-0.1, -0.05) is 17.8 Å². The van der Waals surface area contributed by atoms with E-state index in [1.165, 1.54) is 10.4 Å². The predicted octanol–water partition coefficient (Wildman–Crippen LogP) is 3.20. The number of hydrogen-bond donors (Lipinski definition) is 0. The third-order valence-electron chi connectivity index (χ3n) is 3.46. The predicted molar refractivity (Wildman–Crippen MR) is 94.3 cm³/mol. The van der Waals surface area contributed by atoms with Gasteiger partial charge in [-0.2, -0.15) is 0 Å². The Bertz CT molecular complexity index is 724. The van der Waals surface area contributed by atoms with E-state index in [1.807, 2.05) is 31.6 Å². The van der Waals surface area contributed by atoms with Crippen LogP contribution < -0.4 is 0 Å². The van der Waals surface area contributed by atoms with Gasteiger partial charge in [-0.3, -0.25) is 9.88 Å². The first-order chi connectivity index (χ1) is 11.2. The molecule has 0 N–H and O–H groups in total. The molecule has 0 fully saturated rings. The molecule has 0 unspecified atom stereocenters. The highest BCUT2D eigenvalue weighted by atomic mass is 32.2. The van der Waals surface area contributed by atoms with Gasteiger partial charge in [0.2, 0.25) is 0 Å². The topological polar surface area (TPSA) is 46.8 Å². The van der Waals surface area contributed by atoms with Gasteiger partial charge in [-0.15, -0.1) is 21.5 Å². The van der Waals surface area contributed by atoms with E-state index < -0.39 is 0 Å². The molecule has 0 saturated carbocycles. The lowest BCUT2D eigenvalue weighted by Gasteiger charge is -2.14. The summed E-state index contributed by atoms with van der Waals surface area (Å²) in [7, 11) is 4.14. The smallest absolute Gasteiger partial charge is 0.191 e. The molecule has 3 rings (SSSR count). The fourth-order valence-corrected chi connectivity index (χ4v) is 3.87. The quantitative estimate of drug-likeness (QED) is 0.616. The lowest BCUT2D eigenvalue weighted by molar-refractivity contribution is 0.308. The monoisotopic (exact) mass is 345 g/mol. The summed E-state index contributed by atoms with van der Waals surface area (Å²) in [6.07, 6.45) is 3.63. The van der Waals surface area contributed by atoms with Crippen LogP contribution in [0.15, 0.2) is 47.2 Å². The molecule has 0 amide bonds. The summed E-state index contributed by atoms with van der Waals surface area (Å²) in [6, 6.07) is 8.30. The van der Waals surface area contributed by atoms with Gasteiger partial charge < -0.3 is 4.57 Å². The molecule has 0 bridgehead atoms. The minimum atomic E-state index is 0.789. The Morgan fingerprint density at radius 3 is 2.74 bits per heavy atom. The van der Waals surface area contributed by atoms with E-state index in [0.29, 0.717) is 0 Å². The van der Waals surface area contributed by atoms with Crippen molar-refractivity contribution in [3.8, 4) is 0 Å². The molecule has 0 aliphatic heterocycles. The normalized spacial score (nSPS) is 11.3. The Morgan fingerprint density at radius 2 is 2.00 bits per heavy atom. The second kappa shape index (κ2) is 7.72. The van der Waals surface area contributed by atoms with Crippen molar-refractivity contribution in [2.75, 3.05) is 7.05 Å². The Kier molecular flexibility index (Phi) is 5.43. The van der Waals surface area contributed by atoms with Crippen LogP contribution in [-0.4, -0.2) is 31.7 Å². The van der Waals surface area contributed by atoms with Gasteiger partial charge in [0, 0.05) is 36.6 Å². The fraction of sp³-hybridized carbons (Fsp3) is 0.312. The van der Waals surface area contributed by atoms with E-state index in [-0.39, 0.29) is 0 Å². The van der Waals surface area contributed by atoms with Gasteiger partial charge in [0.05, 0.1) is 6.54 Å². The first-order valence-electron chi connectivity index (χ1n) is 7.33. The molecule has 3 aromatic rings. The maximum Gasteiger partial charge on any atom is 0.191 e. The third kappa shape index (κ3) is 4.40. The van der Waals surface area contributed by atoms with E-state index in [2.05, 4.69) is 49.2 Å². The number of pyridine rings is 1.